The molecule has 0 amide bonds. The minimum atomic E-state index is -3.60. The van der Waals surface area contributed by atoms with Crippen LogP contribution < -0.4 is 0 Å². The number of aryl methyl sites for hydroxylation is 1. The fourth-order valence-corrected chi connectivity index (χ4v) is 6.05. The summed E-state index contributed by atoms with van der Waals surface area (Å²) in [5.41, 5.74) is 1.80. The van der Waals surface area contributed by atoms with E-state index in [1.807, 2.05) is 25.1 Å². The van der Waals surface area contributed by atoms with Gasteiger partial charge in [0.25, 0.3) is 0 Å². The molecule has 0 aliphatic carbocycles. The van der Waals surface area contributed by atoms with Gasteiger partial charge in [0.15, 0.2) is 0 Å². The SMILES string of the molecule is CCc1ccc(S(=O)(=O)N2CCN(S(=O)(=O)Cc3ccccc3)CC2)cc1. The van der Waals surface area contributed by atoms with Crippen LogP contribution in [-0.4, -0.2) is 51.6 Å². The lowest BCUT2D eigenvalue weighted by Crippen LogP contribution is -2.50. The van der Waals surface area contributed by atoms with Gasteiger partial charge in [0.1, 0.15) is 0 Å². The molecular formula is C19H24N2O4S2. The highest BCUT2D eigenvalue weighted by Crippen LogP contribution is 2.20. The summed E-state index contributed by atoms with van der Waals surface area (Å²) < 4.78 is 53.5. The molecule has 0 atom stereocenters. The lowest BCUT2D eigenvalue weighted by atomic mass is 10.2. The quantitative estimate of drug-likeness (QED) is 0.734. The topological polar surface area (TPSA) is 74.8 Å². The Bertz CT molecular complexity index is 964. The summed E-state index contributed by atoms with van der Waals surface area (Å²) in [6, 6.07) is 15.9. The van der Waals surface area contributed by atoms with Gasteiger partial charge in [-0.25, -0.2) is 16.8 Å². The van der Waals surface area contributed by atoms with E-state index in [1.165, 1.54) is 8.61 Å². The summed E-state index contributed by atoms with van der Waals surface area (Å²) in [5, 5.41) is 0. The molecule has 0 spiro atoms. The monoisotopic (exact) mass is 408 g/mol. The van der Waals surface area contributed by atoms with E-state index in [2.05, 4.69) is 0 Å². The molecule has 0 bridgehead atoms. The molecule has 146 valence electrons. The highest BCUT2D eigenvalue weighted by molar-refractivity contribution is 7.89. The van der Waals surface area contributed by atoms with Crippen LogP contribution in [0.25, 0.3) is 0 Å². The average molecular weight is 409 g/mol. The first-order chi connectivity index (χ1) is 12.8. The lowest BCUT2D eigenvalue weighted by Gasteiger charge is -2.33. The molecule has 1 aliphatic heterocycles. The molecule has 27 heavy (non-hydrogen) atoms. The predicted molar refractivity (Wildman–Crippen MR) is 105 cm³/mol. The first-order valence-electron chi connectivity index (χ1n) is 8.94. The van der Waals surface area contributed by atoms with Gasteiger partial charge in [-0.3, -0.25) is 0 Å². The Morgan fingerprint density at radius 1 is 0.741 bits per heavy atom. The highest BCUT2D eigenvalue weighted by atomic mass is 32.2. The van der Waals surface area contributed by atoms with E-state index in [0.717, 1.165) is 17.5 Å². The Kier molecular flexibility index (Phi) is 6.00. The maximum atomic E-state index is 12.8. The average Bonchev–Trinajstić information content (AvgIpc) is 2.68. The van der Waals surface area contributed by atoms with Crippen LogP contribution in [0.5, 0.6) is 0 Å². The Balaban J connectivity index is 1.67. The van der Waals surface area contributed by atoms with E-state index in [9.17, 15) is 16.8 Å². The molecule has 8 heteroatoms. The zero-order valence-corrected chi connectivity index (χ0v) is 16.9. The molecule has 0 unspecified atom stereocenters. The third kappa shape index (κ3) is 4.57. The van der Waals surface area contributed by atoms with Crippen LogP contribution in [0.1, 0.15) is 18.1 Å². The molecule has 0 radical (unpaired) electrons. The summed E-state index contributed by atoms with van der Waals surface area (Å²) in [4.78, 5) is 0.250. The zero-order chi connectivity index (χ0) is 19.5. The van der Waals surface area contributed by atoms with Gasteiger partial charge in [0.05, 0.1) is 10.6 Å². The van der Waals surface area contributed by atoms with Crippen molar-refractivity contribution in [3.05, 3.63) is 65.7 Å². The molecular weight excluding hydrogens is 384 g/mol. The Morgan fingerprint density at radius 3 is 1.85 bits per heavy atom. The molecule has 0 saturated carbocycles. The number of hydrogen-bond donors (Lipinski definition) is 0. The van der Waals surface area contributed by atoms with Gasteiger partial charge in [0, 0.05) is 26.2 Å². The van der Waals surface area contributed by atoms with Crippen LogP contribution in [0.2, 0.25) is 0 Å². The fourth-order valence-electron chi connectivity index (χ4n) is 3.11. The summed E-state index contributed by atoms with van der Waals surface area (Å²) in [6.07, 6.45) is 0.846. The van der Waals surface area contributed by atoms with Crippen molar-refractivity contribution in [2.75, 3.05) is 26.2 Å². The molecule has 1 aliphatic rings. The van der Waals surface area contributed by atoms with Crippen molar-refractivity contribution in [3.8, 4) is 0 Å². The minimum absolute atomic E-state index is 0.0704. The molecule has 1 saturated heterocycles. The van der Waals surface area contributed by atoms with Crippen molar-refractivity contribution in [2.24, 2.45) is 0 Å². The second kappa shape index (κ2) is 8.10. The van der Waals surface area contributed by atoms with E-state index in [4.69, 9.17) is 0 Å². The van der Waals surface area contributed by atoms with Crippen LogP contribution in [-0.2, 0) is 32.2 Å². The van der Waals surface area contributed by atoms with Crippen LogP contribution in [0, 0.1) is 0 Å². The molecule has 2 aromatic rings. The summed E-state index contributed by atoms with van der Waals surface area (Å²) in [6.45, 7) is 2.67. The van der Waals surface area contributed by atoms with Crippen LogP contribution in [0.4, 0.5) is 0 Å². The largest absolute Gasteiger partial charge is 0.243 e. The lowest BCUT2D eigenvalue weighted by molar-refractivity contribution is 0.272. The van der Waals surface area contributed by atoms with Gasteiger partial charge in [0.2, 0.25) is 20.0 Å². The maximum Gasteiger partial charge on any atom is 0.243 e. The second-order valence-electron chi connectivity index (χ2n) is 6.54. The molecule has 0 aromatic heterocycles. The van der Waals surface area contributed by atoms with E-state index >= 15 is 0 Å². The first kappa shape index (κ1) is 20.0. The van der Waals surface area contributed by atoms with Crippen LogP contribution in [0.15, 0.2) is 59.5 Å². The minimum Gasteiger partial charge on any atom is -0.212 e. The molecule has 6 nitrogen and oxygen atoms in total. The smallest absolute Gasteiger partial charge is 0.212 e. The Labute approximate surface area is 161 Å². The number of benzene rings is 2. The number of nitrogens with zero attached hydrogens (tertiary/aromatic N) is 2. The first-order valence-corrected chi connectivity index (χ1v) is 12.0. The fraction of sp³-hybridized carbons (Fsp3) is 0.368. The predicted octanol–water partition coefficient (Wildman–Crippen LogP) is 2.09. The van der Waals surface area contributed by atoms with E-state index in [1.54, 1.807) is 36.4 Å². The van der Waals surface area contributed by atoms with Crippen LogP contribution >= 0.6 is 0 Å². The number of rotatable bonds is 6. The van der Waals surface area contributed by atoms with Gasteiger partial charge in [-0.1, -0.05) is 49.4 Å². The van der Waals surface area contributed by atoms with E-state index in [0.29, 0.717) is 0 Å². The van der Waals surface area contributed by atoms with Crippen LogP contribution in [0.3, 0.4) is 0 Å². The standard InChI is InChI=1S/C19H24N2O4S2/c1-2-17-8-10-19(11-9-17)27(24,25)21-14-12-20(13-15-21)26(22,23)16-18-6-4-3-5-7-18/h3-11H,2,12-16H2,1H3. The molecule has 0 N–H and O–H groups in total. The molecule has 2 aromatic carbocycles. The Hall–Kier alpha value is -1.74. The number of sulfonamides is 2. The van der Waals surface area contributed by atoms with E-state index in [-0.39, 0.29) is 36.8 Å². The zero-order valence-electron chi connectivity index (χ0n) is 15.3. The number of hydrogen-bond acceptors (Lipinski definition) is 4. The second-order valence-corrected chi connectivity index (χ2v) is 10.4. The maximum absolute atomic E-state index is 12.8. The third-order valence-electron chi connectivity index (χ3n) is 4.75. The molecule has 1 heterocycles. The summed E-state index contributed by atoms with van der Waals surface area (Å²) >= 11 is 0. The third-order valence-corrected chi connectivity index (χ3v) is 8.52. The van der Waals surface area contributed by atoms with Crippen molar-refractivity contribution in [2.45, 2.75) is 24.0 Å². The van der Waals surface area contributed by atoms with Crippen molar-refractivity contribution in [3.63, 3.8) is 0 Å². The highest BCUT2D eigenvalue weighted by Gasteiger charge is 2.32. The van der Waals surface area contributed by atoms with Gasteiger partial charge in [-0.05, 0) is 29.7 Å². The van der Waals surface area contributed by atoms with Gasteiger partial charge in [-0.2, -0.15) is 8.61 Å². The van der Waals surface area contributed by atoms with Crippen molar-refractivity contribution < 1.29 is 16.8 Å². The van der Waals surface area contributed by atoms with Crippen molar-refractivity contribution >= 4 is 20.0 Å². The molecule has 1 fully saturated rings. The van der Waals surface area contributed by atoms with Gasteiger partial charge in [-0.15, -0.1) is 0 Å². The summed E-state index contributed by atoms with van der Waals surface area (Å²) in [5.74, 6) is -0.0704. The molecule has 3 rings (SSSR count). The Morgan fingerprint density at radius 2 is 1.30 bits per heavy atom. The van der Waals surface area contributed by atoms with Gasteiger partial charge < -0.3 is 0 Å². The van der Waals surface area contributed by atoms with E-state index < -0.39 is 20.0 Å². The van der Waals surface area contributed by atoms with Gasteiger partial charge >= 0.3 is 0 Å². The normalized spacial score (nSPS) is 17.1. The summed E-state index contributed by atoms with van der Waals surface area (Å²) in [7, 11) is -7.07. The number of piperazine rings is 1. The van der Waals surface area contributed by atoms with Crippen molar-refractivity contribution in [1.82, 2.24) is 8.61 Å². The van der Waals surface area contributed by atoms with Crippen molar-refractivity contribution in [1.29, 1.82) is 0 Å².